The molecule has 0 aliphatic carbocycles. The van der Waals surface area contributed by atoms with E-state index >= 15 is 0 Å². The molecular formula is C23H30ClN3OS. The molecule has 1 aromatic carbocycles. The second-order valence-corrected chi connectivity index (χ2v) is 9.97. The summed E-state index contributed by atoms with van der Waals surface area (Å²) in [5, 5.41) is 0. The molecule has 4 nitrogen and oxygen atoms in total. The fourth-order valence-electron chi connectivity index (χ4n) is 4.43. The Morgan fingerprint density at radius 1 is 0.966 bits per heavy atom. The van der Waals surface area contributed by atoms with Gasteiger partial charge in [-0.2, -0.15) is 0 Å². The zero-order valence-corrected chi connectivity index (χ0v) is 18.5. The number of halogens is 1. The van der Waals surface area contributed by atoms with Crippen LogP contribution in [0.5, 0.6) is 0 Å². The largest absolute Gasteiger partial charge is 0.368 e. The molecule has 0 atom stereocenters. The lowest BCUT2D eigenvalue weighted by Crippen LogP contribution is -2.48. The first-order valence-corrected chi connectivity index (χ1v) is 11.9. The molecule has 0 N–H and O–H groups in total. The topological polar surface area (TPSA) is 26.8 Å². The summed E-state index contributed by atoms with van der Waals surface area (Å²) in [6, 6.07) is 14.6. The van der Waals surface area contributed by atoms with Crippen LogP contribution in [0.15, 0.2) is 42.5 Å². The Hall–Kier alpha value is -1.56. The Bertz CT molecular complexity index is 780. The number of rotatable bonds is 6. The Labute approximate surface area is 183 Å². The zero-order valence-electron chi connectivity index (χ0n) is 16.9. The van der Waals surface area contributed by atoms with E-state index in [-0.39, 0.29) is 0 Å². The lowest BCUT2D eigenvalue weighted by Gasteiger charge is -2.36. The molecule has 0 bridgehead atoms. The van der Waals surface area contributed by atoms with Gasteiger partial charge < -0.3 is 9.80 Å². The van der Waals surface area contributed by atoms with Crippen molar-refractivity contribution < 1.29 is 4.79 Å². The van der Waals surface area contributed by atoms with Crippen LogP contribution in [0.4, 0.5) is 5.69 Å². The number of carbonyl (C=O) groups excluding carboxylic acids is 1. The maximum atomic E-state index is 12.7. The fourth-order valence-corrected chi connectivity index (χ4v) is 5.56. The molecular weight excluding hydrogens is 402 g/mol. The van der Waals surface area contributed by atoms with E-state index < -0.39 is 0 Å². The average molecular weight is 432 g/mol. The highest BCUT2D eigenvalue weighted by Crippen LogP contribution is 2.27. The molecule has 29 heavy (non-hydrogen) atoms. The molecule has 3 heterocycles. The van der Waals surface area contributed by atoms with Gasteiger partial charge in [0, 0.05) is 49.7 Å². The van der Waals surface area contributed by atoms with Gasteiger partial charge in [-0.15, -0.1) is 11.3 Å². The second-order valence-electron chi connectivity index (χ2n) is 8.17. The van der Waals surface area contributed by atoms with Crippen molar-refractivity contribution in [2.45, 2.75) is 32.2 Å². The van der Waals surface area contributed by atoms with Gasteiger partial charge in [0.1, 0.15) is 0 Å². The van der Waals surface area contributed by atoms with Crippen LogP contribution in [-0.4, -0.2) is 55.0 Å². The third kappa shape index (κ3) is 5.74. The third-order valence-electron chi connectivity index (χ3n) is 6.24. The van der Waals surface area contributed by atoms with Crippen LogP contribution in [0.25, 0.3) is 0 Å². The van der Waals surface area contributed by atoms with Crippen molar-refractivity contribution in [3.05, 3.63) is 51.7 Å². The molecule has 2 fully saturated rings. The molecule has 0 spiro atoms. The number of anilines is 1. The van der Waals surface area contributed by atoms with Gasteiger partial charge in [0.15, 0.2) is 0 Å². The predicted octanol–water partition coefficient (Wildman–Crippen LogP) is 4.74. The predicted molar refractivity (Wildman–Crippen MR) is 122 cm³/mol. The molecule has 156 valence electrons. The number of hydrogen-bond donors (Lipinski definition) is 0. The number of likely N-dealkylation sites (tertiary alicyclic amines) is 1. The monoisotopic (exact) mass is 431 g/mol. The van der Waals surface area contributed by atoms with Crippen molar-refractivity contribution in [3.63, 3.8) is 0 Å². The number of nitrogens with zero attached hydrogens (tertiary/aromatic N) is 3. The van der Waals surface area contributed by atoms with Crippen LogP contribution < -0.4 is 4.90 Å². The number of carbonyl (C=O) groups is 1. The van der Waals surface area contributed by atoms with Gasteiger partial charge in [-0.25, -0.2) is 0 Å². The number of para-hydroxylation sites is 1. The van der Waals surface area contributed by atoms with Gasteiger partial charge in [0.05, 0.1) is 4.34 Å². The van der Waals surface area contributed by atoms with Crippen molar-refractivity contribution >= 4 is 34.5 Å². The van der Waals surface area contributed by atoms with Crippen LogP contribution in [0.2, 0.25) is 4.34 Å². The first kappa shape index (κ1) is 20.7. The molecule has 2 aliphatic heterocycles. The first-order valence-electron chi connectivity index (χ1n) is 10.7. The molecule has 0 unspecified atom stereocenters. The van der Waals surface area contributed by atoms with Gasteiger partial charge in [-0.3, -0.25) is 9.69 Å². The minimum absolute atomic E-state index is 0.341. The highest BCUT2D eigenvalue weighted by molar-refractivity contribution is 7.16. The summed E-state index contributed by atoms with van der Waals surface area (Å²) in [5.41, 5.74) is 1.26. The standard InChI is InChI=1S/C23H30ClN3OS/c24-22-8-7-21(29-22)18-25-12-10-19(11-13-25)6-9-23(28)27-16-14-26(15-17-27)20-4-2-1-3-5-20/h1-5,7-8,19H,6,9-18H2. The lowest BCUT2D eigenvalue weighted by atomic mass is 9.92. The Balaban J connectivity index is 1.14. The summed E-state index contributed by atoms with van der Waals surface area (Å²) >= 11 is 7.72. The maximum Gasteiger partial charge on any atom is 0.222 e. The number of amides is 1. The Morgan fingerprint density at radius 2 is 1.69 bits per heavy atom. The average Bonchev–Trinajstić information content (AvgIpc) is 3.18. The normalized spacial score (nSPS) is 18.9. The summed E-state index contributed by atoms with van der Waals surface area (Å²) in [7, 11) is 0. The quantitative estimate of drug-likeness (QED) is 0.660. The summed E-state index contributed by atoms with van der Waals surface area (Å²) < 4.78 is 0.873. The van der Waals surface area contributed by atoms with Gasteiger partial charge in [0.2, 0.25) is 5.91 Å². The highest BCUT2D eigenvalue weighted by atomic mass is 35.5. The van der Waals surface area contributed by atoms with E-state index in [4.69, 9.17) is 11.6 Å². The number of hydrogen-bond acceptors (Lipinski definition) is 4. The summed E-state index contributed by atoms with van der Waals surface area (Å²) in [6.07, 6.45) is 4.15. The fraction of sp³-hybridized carbons (Fsp3) is 0.522. The molecule has 2 aromatic rings. The minimum atomic E-state index is 0.341. The molecule has 2 aliphatic rings. The number of benzene rings is 1. The van der Waals surface area contributed by atoms with Crippen LogP contribution in [0.3, 0.4) is 0 Å². The lowest BCUT2D eigenvalue weighted by molar-refractivity contribution is -0.131. The Kier molecular flexibility index (Phi) is 7.11. The molecule has 0 saturated carbocycles. The van der Waals surface area contributed by atoms with E-state index in [0.29, 0.717) is 18.2 Å². The molecule has 4 rings (SSSR count). The van der Waals surface area contributed by atoms with E-state index in [0.717, 1.165) is 56.6 Å². The molecule has 2 saturated heterocycles. The van der Waals surface area contributed by atoms with Crippen LogP contribution in [0, 0.1) is 5.92 Å². The summed E-state index contributed by atoms with van der Waals surface area (Å²) in [6.45, 7) is 6.82. The maximum absolute atomic E-state index is 12.7. The third-order valence-corrected chi connectivity index (χ3v) is 7.45. The minimum Gasteiger partial charge on any atom is -0.368 e. The number of piperidine rings is 1. The van der Waals surface area contributed by atoms with Gasteiger partial charge in [-0.05, 0) is 62.5 Å². The first-order chi connectivity index (χ1) is 14.2. The van der Waals surface area contributed by atoms with Crippen LogP contribution in [-0.2, 0) is 11.3 Å². The smallest absolute Gasteiger partial charge is 0.222 e. The SMILES string of the molecule is O=C(CCC1CCN(Cc2ccc(Cl)s2)CC1)N1CCN(c2ccccc2)CC1. The van der Waals surface area contributed by atoms with Crippen molar-refractivity contribution in [2.24, 2.45) is 5.92 Å². The molecule has 1 aromatic heterocycles. The zero-order chi connectivity index (χ0) is 20.1. The van der Waals surface area contributed by atoms with Gasteiger partial charge >= 0.3 is 0 Å². The highest BCUT2D eigenvalue weighted by Gasteiger charge is 2.24. The second kappa shape index (κ2) is 9.96. The number of thiophene rings is 1. The van der Waals surface area contributed by atoms with E-state index in [1.807, 2.05) is 12.1 Å². The summed E-state index contributed by atoms with van der Waals surface area (Å²) in [5.74, 6) is 1.03. The summed E-state index contributed by atoms with van der Waals surface area (Å²) in [4.78, 5) is 21.0. The van der Waals surface area contributed by atoms with Crippen molar-refractivity contribution in [3.8, 4) is 0 Å². The van der Waals surface area contributed by atoms with E-state index in [1.54, 1.807) is 11.3 Å². The van der Waals surface area contributed by atoms with Crippen LogP contribution in [0.1, 0.15) is 30.6 Å². The van der Waals surface area contributed by atoms with E-state index in [2.05, 4.69) is 45.0 Å². The van der Waals surface area contributed by atoms with E-state index in [9.17, 15) is 4.79 Å². The van der Waals surface area contributed by atoms with Crippen molar-refractivity contribution in [1.29, 1.82) is 0 Å². The van der Waals surface area contributed by atoms with Gasteiger partial charge in [0.25, 0.3) is 0 Å². The van der Waals surface area contributed by atoms with Crippen molar-refractivity contribution in [1.82, 2.24) is 9.80 Å². The Morgan fingerprint density at radius 3 is 2.34 bits per heavy atom. The molecule has 0 radical (unpaired) electrons. The number of piperazine rings is 1. The van der Waals surface area contributed by atoms with Crippen LogP contribution >= 0.6 is 22.9 Å². The molecule has 1 amide bonds. The van der Waals surface area contributed by atoms with Gasteiger partial charge in [-0.1, -0.05) is 29.8 Å². The molecule has 6 heteroatoms. The van der Waals surface area contributed by atoms with Crippen molar-refractivity contribution in [2.75, 3.05) is 44.2 Å². The van der Waals surface area contributed by atoms with E-state index in [1.165, 1.54) is 23.4 Å².